The van der Waals surface area contributed by atoms with Crippen molar-refractivity contribution in [3.8, 4) is 5.75 Å². The van der Waals surface area contributed by atoms with E-state index in [0.717, 1.165) is 10.8 Å². The Hall–Kier alpha value is -2.90. The van der Waals surface area contributed by atoms with Crippen LogP contribution in [0.25, 0.3) is 10.8 Å². The Kier molecular flexibility index (Phi) is 5.20. The van der Waals surface area contributed by atoms with Gasteiger partial charge >= 0.3 is 0 Å². The van der Waals surface area contributed by atoms with E-state index in [9.17, 15) is 13.2 Å². The van der Waals surface area contributed by atoms with E-state index in [2.05, 4.69) is 10.3 Å². The van der Waals surface area contributed by atoms with Gasteiger partial charge in [0.05, 0.1) is 4.90 Å². The van der Waals surface area contributed by atoms with E-state index in [1.807, 2.05) is 36.4 Å². The Labute approximate surface area is 151 Å². The van der Waals surface area contributed by atoms with E-state index in [-0.39, 0.29) is 4.90 Å². The van der Waals surface area contributed by atoms with Crippen LogP contribution in [-0.4, -0.2) is 20.4 Å². The Morgan fingerprint density at radius 3 is 2.31 bits per heavy atom. The number of fused-ring (bicyclic) bond motifs is 1. The molecule has 0 saturated heterocycles. The number of carbonyl (C=O) groups excluding carboxylic acids is 1. The van der Waals surface area contributed by atoms with Crippen LogP contribution < -0.4 is 15.0 Å². The number of hydrogen-bond acceptors (Lipinski definition) is 4. The van der Waals surface area contributed by atoms with Gasteiger partial charge in [-0.1, -0.05) is 48.5 Å². The number of rotatable bonds is 6. The molecular weight excluding hydrogens is 352 g/mol. The summed E-state index contributed by atoms with van der Waals surface area (Å²) in [5.41, 5.74) is 2.18. The van der Waals surface area contributed by atoms with Crippen molar-refractivity contribution in [3.63, 3.8) is 0 Å². The molecule has 0 radical (unpaired) electrons. The zero-order valence-electron chi connectivity index (χ0n) is 14.0. The highest BCUT2D eigenvalue weighted by Gasteiger charge is 2.19. The van der Waals surface area contributed by atoms with Gasteiger partial charge in [0.15, 0.2) is 6.10 Å². The van der Waals surface area contributed by atoms with Crippen LogP contribution in [0.2, 0.25) is 0 Å². The second-order valence-electron chi connectivity index (χ2n) is 5.68. The van der Waals surface area contributed by atoms with Crippen LogP contribution in [-0.2, 0) is 14.8 Å². The monoisotopic (exact) mass is 370 g/mol. The van der Waals surface area contributed by atoms with Crippen molar-refractivity contribution in [2.45, 2.75) is 17.9 Å². The number of ether oxygens (including phenoxy) is 1. The Bertz CT molecular complexity index is 1020. The lowest BCUT2D eigenvalue weighted by Crippen LogP contribution is -2.47. The number of nitrogens with one attached hydrogen (secondary N) is 2. The molecule has 0 fully saturated rings. The standard InChI is InChI=1S/C19H18N2O4S/c1-14(25-17-12-11-15-7-5-6-8-16(15)13-17)19(22)20-21-26(23,24)18-9-3-2-4-10-18/h2-14,21H,1H3,(H,20,22)/t14-/m0/s1. The highest BCUT2D eigenvalue weighted by Crippen LogP contribution is 2.21. The van der Waals surface area contributed by atoms with Crippen LogP contribution in [0.5, 0.6) is 5.75 Å². The number of hydrogen-bond donors (Lipinski definition) is 2. The highest BCUT2D eigenvalue weighted by molar-refractivity contribution is 7.89. The first-order valence-corrected chi connectivity index (χ1v) is 9.46. The van der Waals surface area contributed by atoms with Gasteiger partial charge in [-0.2, -0.15) is 0 Å². The maximum atomic E-state index is 12.1. The average Bonchev–Trinajstić information content (AvgIpc) is 2.66. The summed E-state index contributed by atoms with van der Waals surface area (Å²) in [6, 6.07) is 21.0. The minimum absolute atomic E-state index is 0.0587. The summed E-state index contributed by atoms with van der Waals surface area (Å²) in [5, 5.41) is 2.05. The number of amides is 1. The molecule has 6 nitrogen and oxygen atoms in total. The Morgan fingerprint density at radius 1 is 0.923 bits per heavy atom. The fourth-order valence-electron chi connectivity index (χ4n) is 2.38. The minimum atomic E-state index is -3.83. The van der Waals surface area contributed by atoms with Gasteiger partial charge in [-0.05, 0) is 42.0 Å². The molecule has 0 aliphatic heterocycles. The van der Waals surface area contributed by atoms with E-state index in [1.165, 1.54) is 12.1 Å². The van der Waals surface area contributed by atoms with Crippen LogP contribution in [0.3, 0.4) is 0 Å². The van der Waals surface area contributed by atoms with E-state index < -0.39 is 22.0 Å². The van der Waals surface area contributed by atoms with Crippen molar-refractivity contribution >= 4 is 26.7 Å². The summed E-state index contributed by atoms with van der Waals surface area (Å²) >= 11 is 0. The normalized spacial score (nSPS) is 12.5. The lowest BCUT2D eigenvalue weighted by Gasteiger charge is -2.15. The van der Waals surface area contributed by atoms with Crippen LogP contribution in [0, 0.1) is 0 Å². The van der Waals surface area contributed by atoms with Crippen molar-refractivity contribution in [2.75, 3.05) is 0 Å². The molecule has 0 bridgehead atoms. The molecule has 134 valence electrons. The summed E-state index contributed by atoms with van der Waals surface area (Å²) in [4.78, 5) is 14.2. The first-order chi connectivity index (χ1) is 12.5. The second kappa shape index (κ2) is 7.55. The first kappa shape index (κ1) is 17.9. The van der Waals surface area contributed by atoms with Crippen LogP contribution >= 0.6 is 0 Å². The first-order valence-electron chi connectivity index (χ1n) is 7.98. The molecule has 26 heavy (non-hydrogen) atoms. The second-order valence-corrected chi connectivity index (χ2v) is 7.36. The van der Waals surface area contributed by atoms with E-state index >= 15 is 0 Å². The molecule has 1 atom stereocenters. The number of benzene rings is 3. The molecule has 3 aromatic rings. The van der Waals surface area contributed by atoms with Gasteiger partial charge in [-0.3, -0.25) is 10.2 Å². The maximum Gasteiger partial charge on any atom is 0.275 e. The minimum Gasteiger partial charge on any atom is -0.481 e. The number of hydrazine groups is 1. The third-order valence-electron chi connectivity index (χ3n) is 3.77. The Morgan fingerprint density at radius 2 is 1.58 bits per heavy atom. The molecule has 3 rings (SSSR count). The van der Waals surface area contributed by atoms with Gasteiger partial charge in [0.25, 0.3) is 15.9 Å². The fourth-order valence-corrected chi connectivity index (χ4v) is 3.24. The van der Waals surface area contributed by atoms with Gasteiger partial charge < -0.3 is 4.74 Å². The molecule has 2 N–H and O–H groups in total. The van der Waals surface area contributed by atoms with E-state index in [4.69, 9.17) is 4.74 Å². The summed E-state index contributed by atoms with van der Waals surface area (Å²) in [5.74, 6) is -0.0741. The third-order valence-corrected chi connectivity index (χ3v) is 5.03. The molecule has 1 amide bonds. The van der Waals surface area contributed by atoms with Crippen molar-refractivity contribution in [1.29, 1.82) is 0 Å². The summed E-state index contributed by atoms with van der Waals surface area (Å²) in [6.07, 6.45) is -0.880. The zero-order valence-corrected chi connectivity index (χ0v) is 14.9. The van der Waals surface area contributed by atoms with Crippen molar-refractivity contribution in [2.24, 2.45) is 0 Å². The summed E-state index contributed by atoms with van der Waals surface area (Å²) in [7, 11) is -3.83. The molecule has 0 aliphatic carbocycles. The predicted molar refractivity (Wildman–Crippen MR) is 98.9 cm³/mol. The average molecular weight is 370 g/mol. The largest absolute Gasteiger partial charge is 0.481 e. The van der Waals surface area contributed by atoms with Gasteiger partial charge in [0.2, 0.25) is 0 Å². The highest BCUT2D eigenvalue weighted by atomic mass is 32.2. The third kappa shape index (κ3) is 4.19. The smallest absolute Gasteiger partial charge is 0.275 e. The molecule has 7 heteroatoms. The molecule has 0 unspecified atom stereocenters. The van der Waals surface area contributed by atoms with Crippen molar-refractivity contribution in [3.05, 3.63) is 72.8 Å². The van der Waals surface area contributed by atoms with Gasteiger partial charge in [0.1, 0.15) is 5.75 Å². The number of carbonyl (C=O) groups is 1. The molecular formula is C19H18N2O4S. The van der Waals surface area contributed by atoms with Crippen LogP contribution in [0.1, 0.15) is 6.92 Å². The number of sulfonamides is 1. The summed E-state index contributed by atoms with van der Waals surface area (Å²) < 4.78 is 29.8. The zero-order chi connectivity index (χ0) is 18.6. The molecule has 0 aromatic heterocycles. The molecule has 0 spiro atoms. The van der Waals surface area contributed by atoms with Crippen LogP contribution in [0.4, 0.5) is 0 Å². The maximum absolute atomic E-state index is 12.1. The van der Waals surface area contributed by atoms with E-state index in [0.29, 0.717) is 5.75 Å². The Balaban J connectivity index is 1.62. The molecule has 3 aromatic carbocycles. The lowest BCUT2D eigenvalue weighted by atomic mass is 10.1. The topological polar surface area (TPSA) is 84.5 Å². The fraction of sp³-hybridized carbons (Fsp3) is 0.105. The quantitative estimate of drug-likeness (QED) is 0.653. The van der Waals surface area contributed by atoms with Crippen molar-refractivity contribution in [1.82, 2.24) is 10.3 Å². The van der Waals surface area contributed by atoms with E-state index in [1.54, 1.807) is 31.2 Å². The van der Waals surface area contributed by atoms with Crippen LogP contribution in [0.15, 0.2) is 77.7 Å². The molecule has 0 saturated carbocycles. The SMILES string of the molecule is C[C@H](Oc1ccc2ccccc2c1)C(=O)NNS(=O)(=O)c1ccccc1. The lowest BCUT2D eigenvalue weighted by molar-refractivity contribution is -0.127. The van der Waals surface area contributed by atoms with Gasteiger partial charge in [-0.15, -0.1) is 4.83 Å². The molecule has 0 heterocycles. The predicted octanol–water partition coefficient (Wildman–Crippen LogP) is 2.62. The van der Waals surface area contributed by atoms with Gasteiger partial charge in [-0.25, -0.2) is 8.42 Å². The summed E-state index contributed by atoms with van der Waals surface area (Å²) in [6.45, 7) is 1.54. The van der Waals surface area contributed by atoms with Gasteiger partial charge in [0, 0.05) is 0 Å². The van der Waals surface area contributed by atoms with Crippen molar-refractivity contribution < 1.29 is 17.9 Å². The molecule has 0 aliphatic rings.